The van der Waals surface area contributed by atoms with Gasteiger partial charge in [0.05, 0.1) is 11.4 Å². The van der Waals surface area contributed by atoms with E-state index in [2.05, 4.69) is 73.6 Å². The second-order valence-corrected chi connectivity index (χ2v) is 12.5. The predicted octanol–water partition coefficient (Wildman–Crippen LogP) is 9.33. The number of benzene rings is 1. The van der Waals surface area contributed by atoms with E-state index < -0.39 is 12.4 Å². The molecule has 0 aliphatic rings. The highest BCUT2D eigenvalue weighted by Crippen LogP contribution is 2.24. The molecule has 0 N–H and O–H groups in total. The highest BCUT2D eigenvalue weighted by molar-refractivity contribution is 6.74. The third-order valence-corrected chi connectivity index (χ3v) is 9.67. The molecule has 4 rings (SSSR count). The van der Waals surface area contributed by atoms with Crippen LogP contribution in [0.2, 0.25) is 0 Å². The van der Waals surface area contributed by atoms with Crippen LogP contribution in [-0.4, -0.2) is 32.1 Å². The van der Waals surface area contributed by atoms with Gasteiger partial charge in [-0.3, -0.25) is 4.98 Å². The molecule has 46 heavy (non-hydrogen) atoms. The van der Waals surface area contributed by atoms with Gasteiger partial charge in [0.25, 0.3) is 0 Å². The fraction of sp³-hybridized carbons (Fsp3) is 0.486. The summed E-state index contributed by atoms with van der Waals surface area (Å²) in [6.07, 6.45) is 0. The van der Waals surface area contributed by atoms with Crippen LogP contribution in [0.15, 0.2) is 0 Å². The molecule has 9 heteroatoms. The van der Waals surface area contributed by atoms with E-state index in [-0.39, 0.29) is 0 Å². The summed E-state index contributed by atoms with van der Waals surface area (Å²) < 4.78 is 38.6. The van der Waals surface area contributed by atoms with E-state index in [0.29, 0.717) is 11.1 Å². The van der Waals surface area contributed by atoms with Crippen molar-refractivity contribution in [2.75, 3.05) is 0 Å². The average Bonchev–Trinajstić information content (AvgIpc) is 2.97. The number of aryl methyl sites for hydroxylation is 7. The monoisotopic (exact) mass is 636 g/mol. The molecule has 1 aromatic carbocycles. The molecule has 0 saturated carbocycles. The molecule has 5 nitrogen and oxygen atoms in total. The minimum Gasteiger partial charge on any atom is -0.445 e. The Morgan fingerprint density at radius 2 is 0.565 bits per heavy atom. The third kappa shape index (κ3) is 9.94. The van der Waals surface area contributed by atoms with Crippen LogP contribution in [0, 0.1) is 125 Å². The molecule has 0 fully saturated rings. The topological polar surface area (TPSA) is 64.5 Å². The molecule has 252 valence electrons. The molecule has 0 aliphatic heterocycles. The number of aromatic nitrogens is 5. The van der Waals surface area contributed by atoms with Crippen LogP contribution < -0.4 is 5.46 Å². The lowest BCUT2D eigenvalue weighted by molar-refractivity contribution is 0.500. The number of halogens is 3. The van der Waals surface area contributed by atoms with Crippen LogP contribution in [0.25, 0.3) is 0 Å². The number of pyridine rings is 1. The Labute approximate surface area is 276 Å². The van der Waals surface area contributed by atoms with Crippen LogP contribution >= 0.6 is 0 Å². The fourth-order valence-electron chi connectivity index (χ4n) is 5.05. The summed E-state index contributed by atoms with van der Waals surface area (Å²) in [5, 5.41) is 7.98. The molecule has 4 aromatic rings. The van der Waals surface area contributed by atoms with Crippen molar-refractivity contribution in [3.8, 4) is 0 Å². The molecule has 0 atom stereocenters. The number of nitrogens with zero attached hydrogens (tertiary/aromatic N) is 5. The molecular formula is C37H54BF3N5-. The van der Waals surface area contributed by atoms with Crippen LogP contribution in [0.5, 0.6) is 0 Å². The summed E-state index contributed by atoms with van der Waals surface area (Å²) in [5.41, 5.74) is 17.1. The Balaban J connectivity index is 0.000000311. The Morgan fingerprint density at radius 3 is 0.891 bits per heavy atom. The average molecular weight is 637 g/mol. The van der Waals surface area contributed by atoms with Crippen molar-refractivity contribution in [1.29, 1.82) is 0 Å². The van der Waals surface area contributed by atoms with Gasteiger partial charge >= 0.3 is 6.98 Å². The minimum atomic E-state index is -4.91. The molecule has 0 radical (unpaired) electrons. The molecule has 3 heterocycles. The van der Waals surface area contributed by atoms with E-state index in [9.17, 15) is 12.9 Å². The zero-order valence-corrected chi connectivity index (χ0v) is 31.4. The predicted molar refractivity (Wildman–Crippen MR) is 189 cm³/mol. The number of rotatable bonds is 1. The summed E-state index contributed by atoms with van der Waals surface area (Å²) in [5.74, 6) is 0.862. The van der Waals surface area contributed by atoms with Crippen molar-refractivity contribution in [1.82, 2.24) is 25.1 Å². The molecule has 0 saturated heterocycles. The van der Waals surface area contributed by atoms with E-state index in [1.165, 1.54) is 33.4 Å². The number of hydrogen-bond donors (Lipinski definition) is 0. The van der Waals surface area contributed by atoms with Crippen LogP contribution in [0.3, 0.4) is 0 Å². The minimum absolute atomic E-state index is 0.378. The highest BCUT2D eigenvalue weighted by Gasteiger charge is 2.30. The Bertz CT molecular complexity index is 1600. The smallest absolute Gasteiger partial charge is 0.445 e. The molecule has 0 unspecified atom stereocenters. The van der Waals surface area contributed by atoms with E-state index in [0.717, 1.165) is 56.7 Å². The van der Waals surface area contributed by atoms with Gasteiger partial charge in [0.1, 0.15) is 5.82 Å². The first kappa shape index (κ1) is 40.4. The highest BCUT2D eigenvalue weighted by atomic mass is 19.4. The largest absolute Gasteiger partial charge is 0.510 e. The van der Waals surface area contributed by atoms with Gasteiger partial charge in [-0.2, -0.15) is 10.2 Å². The van der Waals surface area contributed by atoms with Gasteiger partial charge in [-0.05, 0) is 175 Å². The van der Waals surface area contributed by atoms with E-state index >= 15 is 0 Å². The van der Waals surface area contributed by atoms with Gasteiger partial charge in [0, 0.05) is 22.8 Å². The first-order valence-corrected chi connectivity index (χ1v) is 15.7. The van der Waals surface area contributed by atoms with Gasteiger partial charge in [-0.15, -0.1) is 5.46 Å². The maximum Gasteiger partial charge on any atom is 0.510 e. The molecule has 0 spiro atoms. The molecule has 0 amide bonds. The molecule has 0 bridgehead atoms. The Hall–Kier alpha value is -3.62. The van der Waals surface area contributed by atoms with Gasteiger partial charge in [0.2, 0.25) is 0 Å². The van der Waals surface area contributed by atoms with E-state index in [1.54, 1.807) is 27.7 Å². The summed E-state index contributed by atoms with van der Waals surface area (Å²) >= 11 is 0. The van der Waals surface area contributed by atoms with Gasteiger partial charge in [-0.1, -0.05) is 11.1 Å². The summed E-state index contributed by atoms with van der Waals surface area (Å²) in [6.45, 7) is 30.2. The zero-order valence-electron chi connectivity index (χ0n) is 31.4. The van der Waals surface area contributed by atoms with Gasteiger partial charge in [-0.25, -0.2) is 9.97 Å². The standard InChI is InChI=1S/C11H15BF3.C10H15N.2C8H12N2/c1-6-7(2)9(4)11(12(13,14)15)10(5)8(6)3;1-6-7(2)9(4)11-10(5)8(6)3;1-5-6(2)9-8(4)10-7(5)3;1-5-6(2)8(4)10-9-7(5)3/h1-5H3;1-5H3;2*1-4H3/q-1;;;. The van der Waals surface area contributed by atoms with Crippen molar-refractivity contribution < 1.29 is 12.9 Å². The van der Waals surface area contributed by atoms with Crippen molar-refractivity contribution in [3.63, 3.8) is 0 Å². The normalized spacial score (nSPS) is 10.7. The van der Waals surface area contributed by atoms with Crippen LogP contribution in [0.4, 0.5) is 12.9 Å². The SMILES string of the molecule is Cc1c(C)c(C)c([B-](F)(F)F)c(C)c1C.Cc1nc(C)c(C)c(C)c1C.Cc1nc(C)c(C)c(C)n1.Cc1nnc(C)c(C)c1C. The molecule has 3 aromatic heterocycles. The zero-order chi connectivity index (χ0) is 36.0. The first-order valence-electron chi connectivity index (χ1n) is 15.7. The summed E-state index contributed by atoms with van der Waals surface area (Å²) in [4.78, 5) is 12.9. The fourth-order valence-corrected chi connectivity index (χ4v) is 5.05. The van der Waals surface area contributed by atoms with Crippen LogP contribution in [0.1, 0.15) is 101 Å². The van der Waals surface area contributed by atoms with Gasteiger partial charge < -0.3 is 12.9 Å². The number of hydrogen-bond acceptors (Lipinski definition) is 5. The lowest BCUT2D eigenvalue weighted by atomic mass is 9.71. The Kier molecular flexibility index (Phi) is 14.3. The lowest BCUT2D eigenvalue weighted by Crippen LogP contribution is -2.39. The molecule has 0 aliphatic carbocycles. The van der Waals surface area contributed by atoms with E-state index in [4.69, 9.17) is 0 Å². The maximum absolute atomic E-state index is 12.9. The maximum atomic E-state index is 12.9. The quantitative estimate of drug-likeness (QED) is 0.195. The molecular weight excluding hydrogens is 582 g/mol. The third-order valence-electron chi connectivity index (χ3n) is 9.67. The summed E-state index contributed by atoms with van der Waals surface area (Å²) in [7, 11) is 0. The lowest BCUT2D eigenvalue weighted by Gasteiger charge is -2.25. The van der Waals surface area contributed by atoms with Crippen molar-refractivity contribution >= 4 is 12.4 Å². The van der Waals surface area contributed by atoms with Crippen molar-refractivity contribution in [2.24, 2.45) is 0 Å². The Morgan fingerprint density at radius 1 is 0.304 bits per heavy atom. The first-order chi connectivity index (χ1) is 20.9. The van der Waals surface area contributed by atoms with Crippen LogP contribution in [-0.2, 0) is 0 Å². The van der Waals surface area contributed by atoms with E-state index in [1.807, 2.05) is 48.5 Å². The van der Waals surface area contributed by atoms with Crippen molar-refractivity contribution in [3.05, 3.63) is 101 Å². The second-order valence-electron chi connectivity index (χ2n) is 12.5. The second kappa shape index (κ2) is 16.3. The van der Waals surface area contributed by atoms with Gasteiger partial charge in [0.15, 0.2) is 0 Å². The van der Waals surface area contributed by atoms with Crippen molar-refractivity contribution in [2.45, 2.75) is 125 Å². The summed E-state index contributed by atoms with van der Waals surface area (Å²) in [6, 6.07) is 0.